The van der Waals surface area contributed by atoms with Gasteiger partial charge >= 0.3 is 6.18 Å². The Morgan fingerprint density at radius 3 is 1.65 bits per heavy atom. The molecule has 7 rings (SSSR count). The van der Waals surface area contributed by atoms with Crippen LogP contribution in [0.3, 0.4) is 0 Å². The van der Waals surface area contributed by atoms with Crippen molar-refractivity contribution in [3.8, 4) is 22.3 Å². The predicted molar refractivity (Wildman–Crippen MR) is 261 cm³/mol. The molecule has 0 spiro atoms. The number of halogens is 6. The van der Waals surface area contributed by atoms with Crippen molar-refractivity contribution in [1.82, 2.24) is 39.2 Å². The van der Waals surface area contributed by atoms with Crippen molar-refractivity contribution in [2.24, 2.45) is 0 Å². The highest BCUT2D eigenvalue weighted by atomic mass is 35.5. The van der Waals surface area contributed by atoms with Crippen LogP contribution in [0.5, 0.6) is 0 Å². The highest BCUT2D eigenvalue weighted by Crippen LogP contribution is 2.36. The molecule has 0 saturated heterocycles. The molecule has 0 saturated carbocycles. The zero-order chi connectivity index (χ0) is 49.4. The highest BCUT2D eigenvalue weighted by molar-refractivity contribution is 6.34. The molecule has 1 amide bonds. The number of hydrogen-bond donors (Lipinski definition) is 4. The topological polar surface area (TPSA) is 200 Å². The number of rotatable bonds is 15. The molecule has 4 aromatic heterocycles. The molecule has 0 unspecified atom stereocenters. The first-order valence-electron chi connectivity index (χ1n) is 20.5. The second-order valence-electron chi connectivity index (χ2n) is 15.6. The number of nitrogen functional groups attached to an aromatic ring is 1. The maximum atomic E-state index is 13.3. The van der Waals surface area contributed by atoms with Gasteiger partial charge in [-0.15, -0.1) is 9.46 Å². The number of carbonyl (C=O) groups excluding carboxylic acids is 1. The first-order valence-corrected chi connectivity index (χ1v) is 21.6. The Labute approximate surface area is 402 Å². The Morgan fingerprint density at radius 1 is 0.691 bits per heavy atom. The lowest BCUT2D eigenvalue weighted by Gasteiger charge is -2.14. The van der Waals surface area contributed by atoms with Crippen LogP contribution in [-0.4, -0.2) is 114 Å². The lowest BCUT2D eigenvalue weighted by molar-refractivity contribution is -0.137. The van der Waals surface area contributed by atoms with Crippen molar-refractivity contribution in [2.45, 2.75) is 12.6 Å². The number of benzene rings is 3. The van der Waals surface area contributed by atoms with Gasteiger partial charge < -0.3 is 41.2 Å². The number of hydrogen-bond acceptors (Lipinski definition) is 14. The number of nitrogens with zero attached hydrogens (tertiary/aromatic N) is 8. The van der Waals surface area contributed by atoms with Crippen LogP contribution in [0.15, 0.2) is 88.7 Å². The second kappa shape index (κ2) is 21.9. The van der Waals surface area contributed by atoms with Gasteiger partial charge in [-0.05, 0) is 82.3 Å². The van der Waals surface area contributed by atoms with E-state index in [1.54, 1.807) is 48.8 Å². The Balaban J connectivity index is 0.000000244. The van der Waals surface area contributed by atoms with Gasteiger partial charge in [-0.2, -0.15) is 23.1 Å². The van der Waals surface area contributed by atoms with E-state index in [-0.39, 0.29) is 33.8 Å². The van der Waals surface area contributed by atoms with Gasteiger partial charge in [0.2, 0.25) is 17.8 Å². The summed E-state index contributed by atoms with van der Waals surface area (Å²) in [5.41, 5.74) is 6.95. The molecule has 0 aliphatic rings. The van der Waals surface area contributed by atoms with Crippen LogP contribution in [0.25, 0.3) is 44.3 Å². The zero-order valence-electron chi connectivity index (χ0n) is 37.5. The van der Waals surface area contributed by atoms with E-state index in [4.69, 9.17) is 50.2 Å². The van der Waals surface area contributed by atoms with Gasteiger partial charge in [0.25, 0.3) is 11.1 Å². The summed E-state index contributed by atoms with van der Waals surface area (Å²) in [6.45, 7) is 2.86. The van der Waals surface area contributed by atoms with Crippen LogP contribution in [0.2, 0.25) is 15.1 Å². The summed E-state index contributed by atoms with van der Waals surface area (Å²) in [5.74, 6) is 0.195. The lowest BCUT2D eigenvalue weighted by atomic mass is 10.1. The number of nitrogens with two attached hydrogens (primary N) is 1. The van der Waals surface area contributed by atoms with E-state index < -0.39 is 28.2 Å². The van der Waals surface area contributed by atoms with Crippen LogP contribution in [0.4, 0.5) is 36.4 Å². The molecular formula is C45H46Cl3F3N12O5. The Morgan fingerprint density at radius 2 is 1.19 bits per heavy atom. The van der Waals surface area contributed by atoms with Crippen molar-refractivity contribution < 1.29 is 27.6 Å². The molecule has 0 atom stereocenters. The maximum Gasteiger partial charge on any atom is 0.417 e. The van der Waals surface area contributed by atoms with E-state index in [1.807, 2.05) is 38.0 Å². The zero-order valence-corrected chi connectivity index (χ0v) is 39.8. The van der Waals surface area contributed by atoms with Crippen molar-refractivity contribution in [1.29, 1.82) is 0 Å². The SMILES string of the molecule is COn1c(=O)c(-c2ccc(N)cc2Cl)cc2cnc(NCCN(C)C)nc21.COn1c(=O)c(-c2ccc(NC(=O)Cc3ccc(Cl)c(C(F)(F)F)c3)cc2Cl)cc2cnc(NCCN(C)C)nc21. The summed E-state index contributed by atoms with van der Waals surface area (Å²) >= 11 is 18.4. The average Bonchev–Trinajstić information content (AvgIpc) is 3.27. The largest absolute Gasteiger partial charge is 0.417 e. The van der Waals surface area contributed by atoms with Crippen LogP contribution >= 0.6 is 34.8 Å². The summed E-state index contributed by atoms with van der Waals surface area (Å²) in [4.78, 5) is 70.9. The van der Waals surface area contributed by atoms with E-state index in [2.05, 4.69) is 35.9 Å². The number of pyridine rings is 2. The Hall–Kier alpha value is -6.71. The Bertz CT molecular complexity index is 3100. The maximum absolute atomic E-state index is 13.3. The lowest BCUT2D eigenvalue weighted by Crippen LogP contribution is -2.27. The standard InChI is InChI=1S/C27H25Cl2F3N6O3.C18H21ClN6O2/c1-37(2)9-8-33-26-34-14-16-12-19(25(40)38(41-3)24(16)36-26)18-6-5-17(13-22(18)29)35-23(39)11-15-4-7-21(28)20(10-15)27(30,31)32;1-24(2)7-6-21-18-22-10-11-8-14(13-5-4-12(20)9-15(13)19)17(26)25(27-3)16(11)23-18/h4-7,10,12-14H,8-9,11H2,1-3H3,(H,35,39)(H,33,34,36);4-5,8-10H,6-7,20H2,1-3H3,(H,21,22,23). The molecule has 5 N–H and O–H groups in total. The summed E-state index contributed by atoms with van der Waals surface area (Å²) < 4.78 is 41.6. The molecular weight excluding hydrogens is 952 g/mol. The van der Waals surface area contributed by atoms with Crippen molar-refractivity contribution in [3.05, 3.63) is 126 Å². The molecule has 0 fully saturated rings. The molecule has 3 aromatic carbocycles. The van der Waals surface area contributed by atoms with E-state index in [0.29, 0.717) is 74.5 Å². The fourth-order valence-corrected chi connectivity index (χ4v) is 7.47. The minimum Gasteiger partial charge on any atom is -0.412 e. The van der Waals surface area contributed by atoms with Crippen LogP contribution in [0.1, 0.15) is 11.1 Å². The fraction of sp³-hybridized carbons (Fsp3) is 0.267. The van der Waals surface area contributed by atoms with Crippen LogP contribution in [0, 0.1) is 0 Å². The first-order chi connectivity index (χ1) is 32.3. The minimum atomic E-state index is -4.64. The van der Waals surface area contributed by atoms with Gasteiger partial charge in [-0.3, -0.25) is 14.4 Å². The molecule has 4 heterocycles. The molecule has 0 aliphatic heterocycles. The van der Waals surface area contributed by atoms with Gasteiger partial charge in [0.05, 0.1) is 38.2 Å². The number of anilines is 4. The molecule has 17 nitrogen and oxygen atoms in total. The van der Waals surface area contributed by atoms with Crippen LogP contribution in [-0.2, 0) is 17.4 Å². The van der Waals surface area contributed by atoms with E-state index in [9.17, 15) is 27.6 Å². The van der Waals surface area contributed by atoms with Gasteiger partial charge in [0, 0.05) is 71.8 Å². The fourth-order valence-electron chi connectivity index (χ4n) is 6.67. The monoisotopic (exact) mass is 996 g/mol. The van der Waals surface area contributed by atoms with Gasteiger partial charge in [-0.1, -0.05) is 53.0 Å². The molecule has 0 bridgehead atoms. The number of nitrogens with one attached hydrogen (secondary N) is 3. The molecule has 358 valence electrons. The quantitative estimate of drug-likeness (QED) is 0.0789. The number of carbonyl (C=O) groups is 1. The Kier molecular flexibility index (Phi) is 16.4. The number of likely N-dealkylation sites (N-methyl/N-ethyl adjacent to an activating group) is 2. The van der Waals surface area contributed by atoms with Gasteiger partial charge in [-0.25, -0.2) is 9.97 Å². The third-order valence-electron chi connectivity index (χ3n) is 9.98. The van der Waals surface area contributed by atoms with Crippen molar-refractivity contribution in [3.63, 3.8) is 0 Å². The minimum absolute atomic E-state index is 0.136. The van der Waals surface area contributed by atoms with Gasteiger partial charge in [0.1, 0.15) is 14.2 Å². The molecule has 0 radical (unpaired) electrons. The van der Waals surface area contributed by atoms with Crippen molar-refractivity contribution >= 4 is 86.0 Å². The summed E-state index contributed by atoms with van der Waals surface area (Å²) in [5, 5.41) is 10.1. The van der Waals surface area contributed by atoms with E-state index >= 15 is 0 Å². The normalized spacial score (nSPS) is 11.4. The number of fused-ring (bicyclic) bond motifs is 2. The predicted octanol–water partition coefficient (Wildman–Crippen LogP) is 6.72. The molecule has 0 aliphatic carbocycles. The molecule has 23 heteroatoms. The number of alkyl halides is 3. The van der Waals surface area contributed by atoms with Crippen molar-refractivity contribution in [2.75, 3.05) is 90.3 Å². The number of amides is 1. The third-order valence-corrected chi connectivity index (χ3v) is 10.9. The smallest absolute Gasteiger partial charge is 0.412 e. The van der Waals surface area contributed by atoms with E-state index in [1.165, 1.54) is 32.4 Å². The second-order valence-corrected chi connectivity index (χ2v) is 16.8. The third kappa shape index (κ3) is 12.2. The first kappa shape index (κ1) is 50.7. The highest BCUT2D eigenvalue weighted by Gasteiger charge is 2.33. The summed E-state index contributed by atoms with van der Waals surface area (Å²) in [6, 6.07) is 16.1. The molecule has 7 aromatic rings. The van der Waals surface area contributed by atoms with E-state index in [0.717, 1.165) is 34.7 Å². The van der Waals surface area contributed by atoms with Gasteiger partial charge in [0.15, 0.2) is 11.3 Å². The van der Waals surface area contributed by atoms with Crippen LogP contribution < -0.4 is 42.5 Å². The number of aromatic nitrogens is 6. The summed E-state index contributed by atoms with van der Waals surface area (Å²) in [6.07, 6.45) is -1.77. The average molecular weight is 998 g/mol. The summed E-state index contributed by atoms with van der Waals surface area (Å²) in [7, 11) is 10.6. The molecule has 68 heavy (non-hydrogen) atoms.